The molecule has 1 unspecified atom stereocenters. The van der Waals surface area contributed by atoms with Crippen LogP contribution in [0.1, 0.15) is 38.9 Å². The van der Waals surface area contributed by atoms with Crippen LogP contribution in [-0.2, 0) is 18.3 Å². The van der Waals surface area contributed by atoms with E-state index in [-0.39, 0.29) is 12.2 Å². The number of aromatic nitrogens is 2. The predicted molar refractivity (Wildman–Crippen MR) is 103 cm³/mol. The van der Waals surface area contributed by atoms with Crippen LogP contribution in [0.25, 0.3) is 0 Å². The summed E-state index contributed by atoms with van der Waals surface area (Å²) in [6, 6.07) is 14.1. The Morgan fingerprint density at radius 2 is 1.81 bits per heavy atom. The molecule has 0 amide bonds. The third-order valence-electron chi connectivity index (χ3n) is 4.62. The van der Waals surface area contributed by atoms with E-state index in [9.17, 15) is 14.7 Å². The number of aryl methyl sites for hydroxylation is 1. The number of nitrogen functional groups attached to an aromatic ring is 1. The van der Waals surface area contributed by atoms with E-state index in [0.29, 0.717) is 28.3 Å². The van der Waals surface area contributed by atoms with E-state index in [0.717, 1.165) is 5.56 Å². The highest BCUT2D eigenvalue weighted by atomic mass is 16.4. The Bertz CT molecular complexity index is 973. The maximum atomic E-state index is 12.8. The van der Waals surface area contributed by atoms with Crippen molar-refractivity contribution in [3.63, 3.8) is 0 Å². The molecule has 2 aromatic heterocycles. The predicted octanol–water partition coefficient (Wildman–Crippen LogP) is 2.95. The first-order valence-corrected chi connectivity index (χ1v) is 8.57. The van der Waals surface area contributed by atoms with Crippen LogP contribution < -0.4 is 5.73 Å². The molecular weight excluding hydrogens is 342 g/mol. The molecule has 6 heteroatoms. The van der Waals surface area contributed by atoms with Gasteiger partial charge in [0.2, 0.25) is 5.78 Å². The van der Waals surface area contributed by atoms with E-state index in [2.05, 4.69) is 4.98 Å². The van der Waals surface area contributed by atoms with Gasteiger partial charge < -0.3 is 15.4 Å². The first-order valence-electron chi connectivity index (χ1n) is 8.57. The molecule has 0 bridgehead atoms. The zero-order valence-electron chi connectivity index (χ0n) is 15.2. The van der Waals surface area contributed by atoms with Gasteiger partial charge in [0.05, 0.1) is 17.6 Å². The van der Waals surface area contributed by atoms with E-state index in [1.165, 1.54) is 6.20 Å². The summed E-state index contributed by atoms with van der Waals surface area (Å²) in [5.41, 5.74) is 9.43. The molecule has 3 N–H and O–H groups in total. The maximum Gasteiger partial charge on any atom is 0.312 e. The monoisotopic (exact) mass is 363 g/mol. The Morgan fingerprint density at radius 1 is 1.11 bits per heavy atom. The normalized spacial score (nSPS) is 11.9. The van der Waals surface area contributed by atoms with Crippen LogP contribution in [0.15, 0.2) is 54.7 Å². The molecule has 6 nitrogen and oxygen atoms in total. The fourth-order valence-corrected chi connectivity index (χ4v) is 3.04. The van der Waals surface area contributed by atoms with Crippen LogP contribution >= 0.6 is 0 Å². The summed E-state index contributed by atoms with van der Waals surface area (Å²) < 4.78 is 1.65. The largest absolute Gasteiger partial charge is 0.481 e. The van der Waals surface area contributed by atoms with Gasteiger partial charge in [0, 0.05) is 30.4 Å². The summed E-state index contributed by atoms with van der Waals surface area (Å²) >= 11 is 0. The fraction of sp³-hybridized carbons (Fsp3) is 0.190. The van der Waals surface area contributed by atoms with Gasteiger partial charge in [-0.25, -0.2) is 0 Å². The second-order valence-corrected chi connectivity index (χ2v) is 6.58. The number of carbonyl (C=O) groups excluding carboxylic acids is 1. The molecule has 1 atom stereocenters. The molecule has 0 radical (unpaired) electrons. The first kappa shape index (κ1) is 18.4. The minimum Gasteiger partial charge on any atom is -0.481 e. The summed E-state index contributed by atoms with van der Waals surface area (Å²) in [4.78, 5) is 28.8. The first-order chi connectivity index (χ1) is 12.9. The van der Waals surface area contributed by atoms with E-state index in [1.54, 1.807) is 48.0 Å². The maximum absolute atomic E-state index is 12.8. The van der Waals surface area contributed by atoms with E-state index in [4.69, 9.17) is 5.73 Å². The number of hydrogen-bond donors (Lipinski definition) is 2. The summed E-state index contributed by atoms with van der Waals surface area (Å²) in [6.45, 7) is 1.96. The number of carbonyl (C=O) groups is 2. The number of nitrogens with zero attached hydrogens (tertiary/aromatic N) is 2. The van der Waals surface area contributed by atoms with Gasteiger partial charge in [-0.15, -0.1) is 0 Å². The van der Waals surface area contributed by atoms with Gasteiger partial charge in [0.25, 0.3) is 0 Å². The van der Waals surface area contributed by atoms with Crippen molar-refractivity contribution in [2.75, 3.05) is 5.73 Å². The molecule has 138 valence electrons. The summed E-state index contributed by atoms with van der Waals surface area (Å²) in [6.07, 6.45) is 1.72. The van der Waals surface area contributed by atoms with E-state index >= 15 is 0 Å². The summed E-state index contributed by atoms with van der Waals surface area (Å²) in [7, 11) is 1.71. The third kappa shape index (κ3) is 3.89. The lowest BCUT2D eigenvalue weighted by Crippen LogP contribution is -2.19. The number of nitrogens with two attached hydrogens (primary N) is 1. The zero-order chi connectivity index (χ0) is 19.6. The Morgan fingerprint density at radius 3 is 2.41 bits per heavy atom. The lowest BCUT2D eigenvalue weighted by molar-refractivity contribution is -0.138. The van der Waals surface area contributed by atoms with Gasteiger partial charge >= 0.3 is 5.97 Å². The number of benzene rings is 1. The Hall–Kier alpha value is -3.41. The van der Waals surface area contributed by atoms with Crippen molar-refractivity contribution in [1.82, 2.24) is 9.55 Å². The summed E-state index contributed by atoms with van der Waals surface area (Å²) in [5, 5.41) is 9.71. The lowest BCUT2D eigenvalue weighted by atomic mass is 9.99. The third-order valence-corrected chi connectivity index (χ3v) is 4.62. The van der Waals surface area contributed by atoms with Crippen LogP contribution in [0.4, 0.5) is 5.69 Å². The number of rotatable bonds is 6. The SMILES string of the molecule is Cc1ccc(C(=O)c2ccc(C(Cc3ccc(N)cn3)C(=O)O)n2C)cc1. The molecule has 0 aliphatic carbocycles. The molecular formula is C21H21N3O3. The number of ketones is 1. The van der Waals surface area contributed by atoms with Gasteiger partial charge in [-0.1, -0.05) is 29.8 Å². The van der Waals surface area contributed by atoms with Gasteiger partial charge in [-0.3, -0.25) is 14.6 Å². The highest BCUT2D eigenvalue weighted by Crippen LogP contribution is 2.24. The number of anilines is 1. The van der Waals surface area contributed by atoms with Crippen molar-refractivity contribution in [3.8, 4) is 0 Å². The van der Waals surface area contributed by atoms with Crippen molar-refractivity contribution in [3.05, 3.63) is 82.9 Å². The van der Waals surface area contributed by atoms with Crippen molar-refractivity contribution in [2.45, 2.75) is 19.3 Å². The molecule has 27 heavy (non-hydrogen) atoms. The smallest absolute Gasteiger partial charge is 0.312 e. The summed E-state index contributed by atoms with van der Waals surface area (Å²) in [5.74, 6) is -1.92. The van der Waals surface area contributed by atoms with Crippen molar-refractivity contribution in [1.29, 1.82) is 0 Å². The number of hydrogen-bond acceptors (Lipinski definition) is 4. The quantitative estimate of drug-likeness (QED) is 0.656. The molecule has 2 heterocycles. The topological polar surface area (TPSA) is 98.2 Å². The zero-order valence-corrected chi connectivity index (χ0v) is 15.2. The van der Waals surface area contributed by atoms with Crippen LogP contribution in [0.5, 0.6) is 0 Å². The molecule has 0 aliphatic heterocycles. The highest BCUT2D eigenvalue weighted by Gasteiger charge is 2.26. The molecule has 0 saturated carbocycles. The molecule has 1 aromatic carbocycles. The Labute approximate surface area is 157 Å². The second-order valence-electron chi connectivity index (χ2n) is 6.58. The average Bonchev–Trinajstić information content (AvgIpc) is 3.02. The molecule has 3 rings (SSSR count). The number of pyridine rings is 1. The number of aliphatic carboxylic acids is 1. The standard InChI is InChI=1S/C21H21N3O3/c1-13-3-5-14(6-4-13)20(25)19-10-9-18(24(19)2)17(21(26)27)11-16-8-7-15(22)12-23-16/h3-10,12,17H,11,22H2,1-2H3,(H,26,27). The van der Waals surface area contributed by atoms with Crippen LogP contribution in [0.2, 0.25) is 0 Å². The fourth-order valence-electron chi connectivity index (χ4n) is 3.04. The average molecular weight is 363 g/mol. The van der Waals surface area contributed by atoms with Crippen molar-refractivity contribution < 1.29 is 14.7 Å². The van der Waals surface area contributed by atoms with E-state index in [1.807, 2.05) is 19.1 Å². The Balaban J connectivity index is 1.91. The van der Waals surface area contributed by atoms with Crippen LogP contribution in [-0.4, -0.2) is 26.4 Å². The van der Waals surface area contributed by atoms with Gasteiger partial charge in [0.15, 0.2) is 0 Å². The van der Waals surface area contributed by atoms with E-state index < -0.39 is 11.9 Å². The second kappa shape index (κ2) is 7.45. The van der Waals surface area contributed by atoms with Gasteiger partial charge in [-0.2, -0.15) is 0 Å². The van der Waals surface area contributed by atoms with Crippen molar-refractivity contribution >= 4 is 17.4 Å². The number of carboxylic acids is 1. The minimum atomic E-state index is -0.968. The minimum absolute atomic E-state index is 0.140. The lowest BCUT2D eigenvalue weighted by Gasteiger charge is -2.15. The molecule has 3 aromatic rings. The molecule has 0 spiro atoms. The molecule has 0 saturated heterocycles. The van der Waals surface area contributed by atoms with Crippen LogP contribution in [0, 0.1) is 6.92 Å². The highest BCUT2D eigenvalue weighted by molar-refractivity contribution is 6.08. The van der Waals surface area contributed by atoms with Gasteiger partial charge in [0.1, 0.15) is 5.92 Å². The molecule has 0 fully saturated rings. The Kier molecular flexibility index (Phi) is 5.07. The van der Waals surface area contributed by atoms with Gasteiger partial charge in [-0.05, 0) is 31.2 Å². The number of carboxylic acid groups (broad SMARTS) is 1. The van der Waals surface area contributed by atoms with Crippen LogP contribution in [0.3, 0.4) is 0 Å². The molecule has 0 aliphatic rings. The van der Waals surface area contributed by atoms with Crippen molar-refractivity contribution in [2.24, 2.45) is 7.05 Å².